The highest BCUT2D eigenvalue weighted by molar-refractivity contribution is 9.10. The largest absolute Gasteiger partial charge is 0.493 e. The molecule has 7 heteroatoms. The van der Waals surface area contributed by atoms with Crippen molar-refractivity contribution in [1.82, 2.24) is 5.32 Å². The summed E-state index contributed by atoms with van der Waals surface area (Å²) >= 11 is 3.53. The number of nitrogens with one attached hydrogen (secondary N) is 2. The van der Waals surface area contributed by atoms with Crippen LogP contribution in [-0.2, 0) is 11.3 Å². The molecule has 0 saturated heterocycles. The summed E-state index contributed by atoms with van der Waals surface area (Å²) in [6.07, 6.45) is 0.836. The van der Waals surface area contributed by atoms with Crippen molar-refractivity contribution in [1.29, 1.82) is 0 Å². The quantitative estimate of drug-likeness (QED) is 0.514. The van der Waals surface area contributed by atoms with Crippen molar-refractivity contribution in [3.63, 3.8) is 0 Å². The summed E-state index contributed by atoms with van der Waals surface area (Å²) in [6, 6.07) is 11.2. The van der Waals surface area contributed by atoms with Gasteiger partial charge in [0.05, 0.1) is 13.7 Å². The highest BCUT2D eigenvalue weighted by Gasteiger charge is 2.13. The Labute approximate surface area is 174 Å². The van der Waals surface area contributed by atoms with Crippen molar-refractivity contribution in [2.24, 2.45) is 0 Å². The van der Waals surface area contributed by atoms with Crippen LogP contribution in [0.25, 0.3) is 0 Å². The Hall–Kier alpha value is -2.09. The van der Waals surface area contributed by atoms with Gasteiger partial charge >= 0.3 is 0 Å². The van der Waals surface area contributed by atoms with Crippen LogP contribution in [0.5, 0.6) is 11.5 Å². The molecule has 0 aliphatic rings. The van der Waals surface area contributed by atoms with Gasteiger partial charge in [-0.15, -0.1) is 0 Å². The number of aliphatic hydroxyl groups excluding tert-OH is 1. The number of anilines is 1. The zero-order valence-corrected chi connectivity index (χ0v) is 18.0. The number of amides is 1. The summed E-state index contributed by atoms with van der Waals surface area (Å²) in [6.45, 7) is 4.54. The van der Waals surface area contributed by atoms with Crippen LogP contribution in [0.1, 0.15) is 24.5 Å². The molecule has 0 aliphatic carbocycles. The lowest BCUT2D eigenvalue weighted by Gasteiger charge is -2.17. The Kier molecular flexibility index (Phi) is 8.76. The average molecular weight is 451 g/mol. The second kappa shape index (κ2) is 11.0. The number of methoxy groups -OCH3 is 1. The zero-order chi connectivity index (χ0) is 20.5. The summed E-state index contributed by atoms with van der Waals surface area (Å²) in [5.41, 5.74) is 2.82. The monoisotopic (exact) mass is 450 g/mol. The number of ether oxygens (including phenoxy) is 2. The second-order valence-electron chi connectivity index (χ2n) is 6.47. The molecule has 1 unspecified atom stereocenters. The number of carbonyl (C=O) groups excluding carboxylic acids is 1. The number of halogens is 1. The van der Waals surface area contributed by atoms with E-state index in [0.29, 0.717) is 18.0 Å². The van der Waals surface area contributed by atoms with Crippen LogP contribution in [0, 0.1) is 6.92 Å². The molecule has 0 bridgehead atoms. The lowest BCUT2D eigenvalue weighted by atomic mass is 10.1. The molecular weight excluding hydrogens is 424 g/mol. The molecule has 0 heterocycles. The van der Waals surface area contributed by atoms with Gasteiger partial charge in [-0.05, 0) is 43.2 Å². The Balaban J connectivity index is 1.99. The van der Waals surface area contributed by atoms with Gasteiger partial charge in [-0.3, -0.25) is 4.79 Å². The van der Waals surface area contributed by atoms with E-state index in [2.05, 4.69) is 26.6 Å². The average Bonchev–Trinajstić information content (AvgIpc) is 2.70. The first-order valence-corrected chi connectivity index (χ1v) is 9.96. The smallest absolute Gasteiger partial charge is 0.262 e. The summed E-state index contributed by atoms with van der Waals surface area (Å²) in [4.78, 5) is 12.1. The fraction of sp³-hybridized carbons (Fsp3) is 0.381. The van der Waals surface area contributed by atoms with Gasteiger partial charge in [-0.1, -0.05) is 40.5 Å². The number of benzene rings is 2. The van der Waals surface area contributed by atoms with Crippen LogP contribution in [0.15, 0.2) is 40.9 Å². The van der Waals surface area contributed by atoms with E-state index in [1.54, 1.807) is 13.2 Å². The molecule has 0 saturated carbocycles. The maximum Gasteiger partial charge on any atom is 0.262 e. The molecule has 0 aromatic heterocycles. The molecule has 3 N–H and O–H groups in total. The Bertz CT molecular complexity index is 777. The van der Waals surface area contributed by atoms with Crippen molar-refractivity contribution in [2.75, 3.05) is 25.6 Å². The van der Waals surface area contributed by atoms with E-state index in [4.69, 9.17) is 9.47 Å². The van der Waals surface area contributed by atoms with Crippen molar-refractivity contribution in [3.05, 3.63) is 52.0 Å². The topological polar surface area (TPSA) is 79.8 Å². The predicted molar refractivity (Wildman–Crippen MR) is 114 cm³/mol. The number of aryl methyl sites for hydroxylation is 1. The summed E-state index contributed by atoms with van der Waals surface area (Å²) in [5, 5.41) is 15.4. The molecule has 0 spiro atoms. The van der Waals surface area contributed by atoms with E-state index in [9.17, 15) is 9.90 Å². The summed E-state index contributed by atoms with van der Waals surface area (Å²) in [5.74, 6) is 0.771. The molecule has 2 aromatic rings. The third-order valence-corrected chi connectivity index (χ3v) is 5.06. The molecule has 28 heavy (non-hydrogen) atoms. The van der Waals surface area contributed by atoms with E-state index in [-0.39, 0.29) is 25.2 Å². The SMILES string of the molecule is CCC(CO)NCc1cc(OC)c(OCC(=O)Nc2ccc(C)cc2)cc1Br. The molecule has 1 atom stereocenters. The normalized spacial score (nSPS) is 11.8. The molecule has 0 fully saturated rings. The van der Waals surface area contributed by atoms with Gasteiger partial charge in [0.1, 0.15) is 0 Å². The minimum absolute atomic E-state index is 0.0410. The van der Waals surface area contributed by atoms with E-state index >= 15 is 0 Å². The van der Waals surface area contributed by atoms with Crippen molar-refractivity contribution < 1.29 is 19.4 Å². The molecule has 2 aromatic carbocycles. The summed E-state index contributed by atoms with van der Waals surface area (Å²) in [7, 11) is 1.56. The zero-order valence-electron chi connectivity index (χ0n) is 16.4. The van der Waals surface area contributed by atoms with E-state index in [1.807, 2.05) is 44.2 Å². The fourth-order valence-electron chi connectivity index (χ4n) is 2.55. The van der Waals surface area contributed by atoms with Gasteiger partial charge in [-0.25, -0.2) is 0 Å². The maximum atomic E-state index is 12.1. The third kappa shape index (κ3) is 6.51. The number of aliphatic hydroxyl groups is 1. The van der Waals surface area contributed by atoms with Gasteiger partial charge in [0, 0.05) is 22.7 Å². The van der Waals surface area contributed by atoms with Crippen LogP contribution in [0.4, 0.5) is 5.69 Å². The van der Waals surface area contributed by atoms with Gasteiger partial charge in [0.2, 0.25) is 0 Å². The van der Waals surface area contributed by atoms with E-state index in [1.165, 1.54) is 0 Å². The minimum Gasteiger partial charge on any atom is -0.493 e. The number of rotatable bonds is 10. The van der Waals surface area contributed by atoms with Crippen molar-refractivity contribution >= 4 is 27.5 Å². The predicted octanol–water partition coefficient (Wildman–Crippen LogP) is 3.64. The first-order chi connectivity index (χ1) is 13.5. The molecular formula is C21H27BrN2O4. The van der Waals surface area contributed by atoms with Crippen molar-refractivity contribution in [2.45, 2.75) is 32.9 Å². The second-order valence-corrected chi connectivity index (χ2v) is 7.32. The molecule has 1 amide bonds. The van der Waals surface area contributed by atoms with Gasteiger partial charge < -0.3 is 25.2 Å². The number of hydrogen-bond donors (Lipinski definition) is 3. The standard InChI is InChI=1S/C21H27BrN2O4/c1-4-16(12-25)23-11-15-9-19(27-3)20(10-18(15)22)28-13-21(26)24-17-7-5-14(2)6-8-17/h5-10,16,23,25H,4,11-13H2,1-3H3,(H,24,26). The number of carbonyl (C=O) groups is 1. The fourth-order valence-corrected chi connectivity index (χ4v) is 3.02. The molecule has 0 radical (unpaired) electrons. The Morgan fingerprint density at radius 3 is 2.54 bits per heavy atom. The molecule has 152 valence electrons. The molecule has 0 aliphatic heterocycles. The van der Waals surface area contributed by atoms with Crippen LogP contribution >= 0.6 is 15.9 Å². The molecule has 6 nitrogen and oxygen atoms in total. The first kappa shape index (κ1) is 22.2. The van der Waals surface area contributed by atoms with Crippen LogP contribution in [-0.4, -0.2) is 37.4 Å². The van der Waals surface area contributed by atoms with Crippen LogP contribution in [0.3, 0.4) is 0 Å². The molecule has 2 rings (SSSR count). The van der Waals surface area contributed by atoms with Crippen molar-refractivity contribution in [3.8, 4) is 11.5 Å². The lowest BCUT2D eigenvalue weighted by molar-refractivity contribution is -0.118. The van der Waals surface area contributed by atoms with Gasteiger partial charge in [-0.2, -0.15) is 0 Å². The van der Waals surface area contributed by atoms with E-state index in [0.717, 1.165) is 27.7 Å². The Morgan fingerprint density at radius 2 is 1.93 bits per heavy atom. The van der Waals surface area contributed by atoms with E-state index < -0.39 is 0 Å². The highest BCUT2D eigenvalue weighted by atomic mass is 79.9. The maximum absolute atomic E-state index is 12.1. The third-order valence-electron chi connectivity index (χ3n) is 4.32. The minimum atomic E-state index is -0.249. The first-order valence-electron chi connectivity index (χ1n) is 9.16. The van der Waals surface area contributed by atoms with Crippen LogP contribution in [0.2, 0.25) is 0 Å². The van der Waals surface area contributed by atoms with Gasteiger partial charge in [0.15, 0.2) is 18.1 Å². The number of hydrogen-bond acceptors (Lipinski definition) is 5. The van der Waals surface area contributed by atoms with Crippen LogP contribution < -0.4 is 20.1 Å². The lowest BCUT2D eigenvalue weighted by Crippen LogP contribution is -2.31. The van der Waals surface area contributed by atoms with Gasteiger partial charge in [0.25, 0.3) is 5.91 Å². The Morgan fingerprint density at radius 1 is 1.21 bits per heavy atom. The highest BCUT2D eigenvalue weighted by Crippen LogP contribution is 2.33. The summed E-state index contributed by atoms with van der Waals surface area (Å²) < 4.78 is 11.9.